The number of benzene rings is 9. The minimum atomic E-state index is 0.922. The Morgan fingerprint density at radius 3 is 1.75 bits per heavy atom. The van der Waals surface area contributed by atoms with Crippen LogP contribution in [0.25, 0.3) is 76.2 Å². The number of hydrogen-bond donors (Lipinski definition) is 0. The van der Waals surface area contributed by atoms with Crippen LogP contribution in [0.5, 0.6) is 0 Å². The zero-order valence-electron chi connectivity index (χ0n) is 26.1. The zero-order chi connectivity index (χ0) is 31.6. The molecule has 0 N–H and O–H groups in total. The monoisotopic (exact) mass is 611 g/mol. The first-order valence-electron chi connectivity index (χ1n) is 16.4. The molecule has 0 radical (unpaired) electrons. The quantitative estimate of drug-likeness (QED) is 0.184. The predicted octanol–water partition coefficient (Wildman–Crippen LogP) is 13.3. The summed E-state index contributed by atoms with van der Waals surface area (Å²) in [5.41, 5.74) is 7.64. The van der Waals surface area contributed by atoms with Gasteiger partial charge in [-0.25, -0.2) is 0 Å². The lowest BCUT2D eigenvalue weighted by Gasteiger charge is -2.28. The minimum absolute atomic E-state index is 0.922. The van der Waals surface area contributed by atoms with Gasteiger partial charge in [0.25, 0.3) is 0 Å². The maximum Gasteiger partial charge on any atom is 0.136 e. The summed E-state index contributed by atoms with van der Waals surface area (Å²) in [5.74, 6) is 0. The molecule has 0 atom stereocenters. The molecule has 0 saturated carbocycles. The number of para-hydroxylation sites is 1. The summed E-state index contributed by atoms with van der Waals surface area (Å²) in [6.07, 6.45) is 0. The van der Waals surface area contributed by atoms with Crippen molar-refractivity contribution in [1.82, 2.24) is 0 Å². The summed E-state index contributed by atoms with van der Waals surface area (Å²) >= 11 is 0. The molecular weight excluding hydrogens is 583 g/mol. The van der Waals surface area contributed by atoms with Gasteiger partial charge in [0.05, 0.1) is 5.69 Å². The van der Waals surface area contributed by atoms with Crippen LogP contribution >= 0.6 is 0 Å². The van der Waals surface area contributed by atoms with E-state index in [-0.39, 0.29) is 0 Å². The Hall–Kier alpha value is -6.38. The van der Waals surface area contributed by atoms with Crippen LogP contribution in [-0.2, 0) is 0 Å². The van der Waals surface area contributed by atoms with Gasteiger partial charge in [-0.15, -0.1) is 0 Å². The van der Waals surface area contributed by atoms with E-state index >= 15 is 0 Å². The van der Waals surface area contributed by atoms with Gasteiger partial charge in [-0.05, 0) is 97.4 Å². The summed E-state index contributed by atoms with van der Waals surface area (Å²) in [4.78, 5) is 2.42. The molecule has 0 amide bonds. The fourth-order valence-electron chi connectivity index (χ4n) is 7.49. The van der Waals surface area contributed by atoms with Gasteiger partial charge in [0.15, 0.2) is 0 Å². The van der Waals surface area contributed by atoms with Crippen LogP contribution in [0, 0.1) is 0 Å². The number of rotatable bonds is 4. The SMILES string of the molecule is c1ccc(-c2ccc(N(c3ccc4c(ccc5cc6oc7ccccc7c6cc54)c3)c3cc4ccccc4c4ccccc34)cc2)cc1. The molecule has 2 nitrogen and oxygen atoms in total. The molecule has 10 aromatic rings. The van der Waals surface area contributed by atoms with E-state index in [0.29, 0.717) is 0 Å². The van der Waals surface area contributed by atoms with Crippen molar-refractivity contribution >= 4 is 82.1 Å². The number of furan rings is 1. The standard InChI is InChI=1S/C46H29NO/c1-2-10-30(11-3-1)31-20-22-35(23-21-31)47(44-27-32-12-4-5-13-37(32)39-14-6-7-15-40(39)44)36-24-25-38-33(26-36)18-19-34-28-46-43(29-42(34)38)41-16-8-9-17-45(41)48-46/h1-29H. The smallest absolute Gasteiger partial charge is 0.136 e. The van der Waals surface area contributed by atoms with Crippen molar-refractivity contribution in [3.05, 3.63) is 176 Å². The van der Waals surface area contributed by atoms with Crippen molar-refractivity contribution in [3.8, 4) is 11.1 Å². The van der Waals surface area contributed by atoms with Crippen molar-refractivity contribution in [1.29, 1.82) is 0 Å². The first-order chi connectivity index (χ1) is 23.8. The highest BCUT2D eigenvalue weighted by Gasteiger charge is 2.19. The number of fused-ring (bicyclic) bond motifs is 9. The number of hydrogen-bond acceptors (Lipinski definition) is 2. The lowest BCUT2D eigenvalue weighted by atomic mass is 9.97. The second kappa shape index (κ2) is 10.6. The van der Waals surface area contributed by atoms with Crippen molar-refractivity contribution in [3.63, 3.8) is 0 Å². The van der Waals surface area contributed by atoms with Crippen LogP contribution in [0.1, 0.15) is 0 Å². The van der Waals surface area contributed by atoms with Crippen molar-refractivity contribution in [2.75, 3.05) is 4.90 Å². The summed E-state index contributed by atoms with van der Waals surface area (Å²) in [6, 6.07) is 63.5. The normalized spacial score (nSPS) is 11.8. The van der Waals surface area contributed by atoms with Crippen LogP contribution in [0.15, 0.2) is 180 Å². The van der Waals surface area contributed by atoms with Gasteiger partial charge in [-0.3, -0.25) is 0 Å². The first kappa shape index (κ1) is 26.8. The number of nitrogens with zero attached hydrogens (tertiary/aromatic N) is 1. The molecule has 48 heavy (non-hydrogen) atoms. The molecule has 2 heteroatoms. The van der Waals surface area contributed by atoms with Crippen molar-refractivity contribution in [2.24, 2.45) is 0 Å². The Bertz CT molecular complexity index is 2830. The topological polar surface area (TPSA) is 16.4 Å². The second-order valence-corrected chi connectivity index (χ2v) is 12.5. The average molecular weight is 612 g/mol. The molecule has 0 fully saturated rings. The van der Waals surface area contributed by atoms with Gasteiger partial charge >= 0.3 is 0 Å². The Morgan fingerprint density at radius 2 is 0.917 bits per heavy atom. The van der Waals surface area contributed by atoms with Crippen LogP contribution in [0.3, 0.4) is 0 Å². The molecule has 0 aliphatic rings. The summed E-state index contributed by atoms with van der Waals surface area (Å²) < 4.78 is 6.22. The molecule has 0 aliphatic carbocycles. The largest absolute Gasteiger partial charge is 0.456 e. The maximum absolute atomic E-state index is 6.22. The molecule has 10 rings (SSSR count). The van der Waals surface area contributed by atoms with Crippen LogP contribution in [0.4, 0.5) is 17.1 Å². The molecule has 0 spiro atoms. The van der Waals surface area contributed by atoms with E-state index in [2.05, 4.69) is 169 Å². The Labute approximate surface area is 277 Å². The van der Waals surface area contributed by atoms with Crippen molar-refractivity contribution < 1.29 is 4.42 Å². The van der Waals surface area contributed by atoms with Crippen molar-refractivity contribution in [2.45, 2.75) is 0 Å². The van der Waals surface area contributed by atoms with E-state index in [4.69, 9.17) is 4.42 Å². The molecule has 9 aromatic carbocycles. The van der Waals surface area contributed by atoms with Gasteiger partial charge in [0.2, 0.25) is 0 Å². The Kier molecular flexibility index (Phi) is 5.91. The van der Waals surface area contributed by atoms with Crippen LogP contribution < -0.4 is 4.90 Å². The zero-order valence-corrected chi connectivity index (χ0v) is 26.1. The van der Waals surface area contributed by atoms with E-state index in [1.54, 1.807) is 0 Å². The van der Waals surface area contributed by atoms with E-state index in [9.17, 15) is 0 Å². The highest BCUT2D eigenvalue weighted by Crippen LogP contribution is 2.44. The van der Waals surface area contributed by atoms with Gasteiger partial charge in [-0.2, -0.15) is 0 Å². The fourth-order valence-corrected chi connectivity index (χ4v) is 7.49. The third-order valence-electron chi connectivity index (χ3n) is 9.79. The van der Waals surface area contributed by atoms with E-state index in [1.807, 2.05) is 12.1 Å². The predicted molar refractivity (Wildman–Crippen MR) is 204 cm³/mol. The lowest BCUT2D eigenvalue weighted by Crippen LogP contribution is -2.10. The van der Waals surface area contributed by atoms with E-state index < -0.39 is 0 Å². The molecule has 1 aromatic heterocycles. The van der Waals surface area contributed by atoms with E-state index in [1.165, 1.54) is 54.2 Å². The summed E-state index contributed by atoms with van der Waals surface area (Å²) in [6.45, 7) is 0. The average Bonchev–Trinajstić information content (AvgIpc) is 3.52. The maximum atomic E-state index is 6.22. The molecule has 0 saturated heterocycles. The lowest BCUT2D eigenvalue weighted by molar-refractivity contribution is 0.669. The Balaban J connectivity index is 1.20. The minimum Gasteiger partial charge on any atom is -0.456 e. The molecule has 1 heterocycles. The highest BCUT2D eigenvalue weighted by molar-refractivity contribution is 6.18. The first-order valence-corrected chi connectivity index (χ1v) is 16.4. The van der Waals surface area contributed by atoms with Gasteiger partial charge in [0, 0.05) is 27.5 Å². The molecule has 0 aliphatic heterocycles. The summed E-state index contributed by atoms with van der Waals surface area (Å²) in [5, 5.41) is 12.1. The van der Waals surface area contributed by atoms with Gasteiger partial charge < -0.3 is 9.32 Å². The third-order valence-corrected chi connectivity index (χ3v) is 9.79. The second-order valence-electron chi connectivity index (χ2n) is 12.5. The van der Waals surface area contributed by atoms with Gasteiger partial charge in [0.1, 0.15) is 11.2 Å². The molecule has 224 valence electrons. The van der Waals surface area contributed by atoms with Gasteiger partial charge in [-0.1, -0.05) is 127 Å². The van der Waals surface area contributed by atoms with E-state index in [0.717, 1.165) is 39.0 Å². The van der Waals surface area contributed by atoms with Crippen LogP contribution in [0.2, 0.25) is 0 Å². The number of anilines is 3. The fraction of sp³-hybridized carbons (Fsp3) is 0. The summed E-state index contributed by atoms with van der Waals surface area (Å²) in [7, 11) is 0. The van der Waals surface area contributed by atoms with Crippen LogP contribution in [-0.4, -0.2) is 0 Å². The third kappa shape index (κ3) is 4.20. The highest BCUT2D eigenvalue weighted by atomic mass is 16.3. The Morgan fingerprint density at radius 1 is 0.312 bits per heavy atom. The molecule has 0 unspecified atom stereocenters. The molecule has 0 bridgehead atoms. The molecular formula is C46H29NO.